The van der Waals surface area contributed by atoms with E-state index >= 15 is 0 Å². The third kappa shape index (κ3) is 8.13. The molecule has 0 aliphatic heterocycles. The van der Waals surface area contributed by atoms with Gasteiger partial charge in [-0.2, -0.15) is 0 Å². The lowest BCUT2D eigenvalue weighted by Gasteiger charge is -2.43. The third-order valence-corrected chi connectivity index (χ3v) is 6.25. The van der Waals surface area contributed by atoms with Crippen LogP contribution in [0.3, 0.4) is 0 Å². The normalized spacial score (nSPS) is 18.0. The Hall–Kier alpha value is -1.88. The summed E-state index contributed by atoms with van der Waals surface area (Å²) in [4.78, 5) is 12.1. The molecule has 0 spiro atoms. The molecule has 1 aliphatic carbocycles. The fourth-order valence-electron chi connectivity index (χ4n) is 4.83. The molecule has 1 heterocycles. The molecule has 3 N–H and O–H groups in total. The highest BCUT2D eigenvalue weighted by molar-refractivity contribution is 5.87. The summed E-state index contributed by atoms with van der Waals surface area (Å²) in [5, 5.41) is 28.6. The molecule has 1 aromatic rings. The first-order valence-corrected chi connectivity index (χ1v) is 11.9. The molecule has 188 valence electrons. The SMILES string of the molecule is C=CC(=O)NC(C)(C)CC(C)(NCC1(OCCO)CCCCC1)c1nnnn1CCCOC. The van der Waals surface area contributed by atoms with Crippen molar-refractivity contribution in [1.29, 1.82) is 0 Å². The number of aryl methyl sites for hydroxylation is 1. The van der Waals surface area contributed by atoms with Crippen molar-refractivity contribution in [2.75, 3.05) is 33.5 Å². The molecular formula is C23H42N6O4. The number of amides is 1. The van der Waals surface area contributed by atoms with Gasteiger partial charge in [0, 0.05) is 32.3 Å². The highest BCUT2D eigenvalue weighted by Crippen LogP contribution is 2.34. The van der Waals surface area contributed by atoms with Crippen LogP contribution in [0, 0.1) is 0 Å². The molecule has 33 heavy (non-hydrogen) atoms. The summed E-state index contributed by atoms with van der Waals surface area (Å²) in [6, 6.07) is 0. The summed E-state index contributed by atoms with van der Waals surface area (Å²) in [6.45, 7) is 11.7. The van der Waals surface area contributed by atoms with Crippen LogP contribution >= 0.6 is 0 Å². The Morgan fingerprint density at radius 1 is 1.27 bits per heavy atom. The van der Waals surface area contributed by atoms with E-state index in [9.17, 15) is 9.90 Å². The van der Waals surface area contributed by atoms with Gasteiger partial charge >= 0.3 is 0 Å². The van der Waals surface area contributed by atoms with Crippen molar-refractivity contribution in [2.45, 2.75) is 88.9 Å². The molecule has 0 bridgehead atoms. The molecular weight excluding hydrogens is 424 g/mol. The van der Waals surface area contributed by atoms with E-state index in [1.807, 2.05) is 13.8 Å². The topological polar surface area (TPSA) is 123 Å². The standard InChI is InChI=1S/C23H42N6O4/c1-6-19(31)25-21(2,3)17-22(4,20-26-27-28-29(20)13-10-15-32-5)24-18-23(33-16-14-30)11-8-7-9-12-23/h6,24,30H,1,7-18H2,2-5H3,(H,25,31). The predicted molar refractivity (Wildman–Crippen MR) is 126 cm³/mol. The van der Waals surface area contributed by atoms with E-state index in [2.05, 4.69) is 39.7 Å². The number of ether oxygens (including phenoxy) is 2. The van der Waals surface area contributed by atoms with Gasteiger partial charge in [-0.15, -0.1) is 5.10 Å². The van der Waals surface area contributed by atoms with Crippen molar-refractivity contribution in [2.24, 2.45) is 0 Å². The molecule has 1 aromatic heterocycles. The second-order valence-electron chi connectivity index (χ2n) is 9.83. The molecule has 1 unspecified atom stereocenters. The van der Waals surface area contributed by atoms with E-state index in [0.717, 1.165) is 32.1 Å². The second kappa shape index (κ2) is 12.5. The van der Waals surface area contributed by atoms with Gasteiger partial charge in [-0.1, -0.05) is 25.8 Å². The minimum absolute atomic E-state index is 0.00260. The van der Waals surface area contributed by atoms with E-state index in [4.69, 9.17) is 9.47 Å². The average molecular weight is 467 g/mol. The first kappa shape index (κ1) is 27.4. The van der Waals surface area contributed by atoms with Gasteiger partial charge in [0.2, 0.25) is 5.91 Å². The van der Waals surface area contributed by atoms with Crippen LogP contribution in [0.5, 0.6) is 0 Å². The lowest BCUT2D eigenvalue weighted by Crippen LogP contribution is -2.56. The number of hydrogen-bond donors (Lipinski definition) is 3. The molecule has 1 aliphatic rings. The Morgan fingerprint density at radius 2 is 2.00 bits per heavy atom. The summed E-state index contributed by atoms with van der Waals surface area (Å²) >= 11 is 0. The zero-order chi connectivity index (χ0) is 24.4. The van der Waals surface area contributed by atoms with Crippen molar-refractivity contribution >= 4 is 5.91 Å². The van der Waals surface area contributed by atoms with Crippen molar-refractivity contribution in [1.82, 2.24) is 30.8 Å². The third-order valence-electron chi connectivity index (χ3n) is 6.25. The maximum Gasteiger partial charge on any atom is 0.243 e. The predicted octanol–water partition coefficient (Wildman–Crippen LogP) is 1.70. The van der Waals surface area contributed by atoms with Crippen LogP contribution in [-0.4, -0.2) is 75.8 Å². The smallest absolute Gasteiger partial charge is 0.243 e. The van der Waals surface area contributed by atoms with Gasteiger partial charge in [0.15, 0.2) is 5.82 Å². The largest absolute Gasteiger partial charge is 0.394 e. The number of methoxy groups -OCH3 is 1. The lowest BCUT2D eigenvalue weighted by molar-refractivity contribution is -0.118. The summed E-state index contributed by atoms with van der Waals surface area (Å²) in [7, 11) is 1.67. The first-order valence-electron chi connectivity index (χ1n) is 11.9. The summed E-state index contributed by atoms with van der Waals surface area (Å²) in [5.41, 5.74) is -1.55. The van der Waals surface area contributed by atoms with Gasteiger partial charge in [0.1, 0.15) is 0 Å². The van der Waals surface area contributed by atoms with E-state index in [1.54, 1.807) is 11.8 Å². The number of hydrogen-bond acceptors (Lipinski definition) is 8. The van der Waals surface area contributed by atoms with Crippen LogP contribution in [0.4, 0.5) is 0 Å². The van der Waals surface area contributed by atoms with Crippen LogP contribution in [0.25, 0.3) is 0 Å². The highest BCUT2D eigenvalue weighted by atomic mass is 16.5. The quantitative estimate of drug-likeness (QED) is 0.264. The number of aliphatic hydroxyl groups excluding tert-OH is 1. The lowest BCUT2D eigenvalue weighted by atomic mass is 9.81. The molecule has 2 rings (SSSR count). The Morgan fingerprint density at radius 3 is 2.64 bits per heavy atom. The van der Waals surface area contributed by atoms with Crippen LogP contribution in [-0.2, 0) is 26.4 Å². The summed E-state index contributed by atoms with van der Waals surface area (Å²) in [5.74, 6) is 0.477. The number of carbonyl (C=O) groups is 1. The molecule has 1 fully saturated rings. The monoisotopic (exact) mass is 466 g/mol. The maximum absolute atomic E-state index is 12.1. The Bertz CT molecular complexity index is 747. The van der Waals surface area contributed by atoms with E-state index in [0.29, 0.717) is 38.5 Å². The molecule has 1 atom stereocenters. The van der Waals surface area contributed by atoms with Gasteiger partial charge in [0.25, 0.3) is 0 Å². The van der Waals surface area contributed by atoms with Crippen LogP contribution in [0.15, 0.2) is 12.7 Å². The first-order chi connectivity index (χ1) is 15.7. The molecule has 10 nitrogen and oxygen atoms in total. The number of tetrazole rings is 1. The number of nitrogens with one attached hydrogen (secondary N) is 2. The number of nitrogens with zero attached hydrogens (tertiary/aromatic N) is 4. The number of aromatic nitrogens is 4. The number of aliphatic hydroxyl groups is 1. The maximum atomic E-state index is 12.1. The van der Waals surface area contributed by atoms with Gasteiger partial charge in [-0.3, -0.25) is 4.79 Å². The van der Waals surface area contributed by atoms with Gasteiger partial charge < -0.3 is 25.2 Å². The molecule has 10 heteroatoms. The molecule has 0 aromatic carbocycles. The van der Waals surface area contributed by atoms with Crippen molar-refractivity contribution in [3.05, 3.63) is 18.5 Å². The van der Waals surface area contributed by atoms with E-state index in [1.165, 1.54) is 12.5 Å². The molecule has 0 radical (unpaired) electrons. The van der Waals surface area contributed by atoms with Gasteiger partial charge in [0.05, 0.1) is 24.4 Å². The Kier molecular flexibility index (Phi) is 10.4. The summed E-state index contributed by atoms with van der Waals surface area (Å²) < 4.78 is 13.2. The Labute approximate surface area is 197 Å². The minimum atomic E-state index is -0.651. The van der Waals surface area contributed by atoms with Crippen LogP contribution in [0.1, 0.15) is 71.5 Å². The fourth-order valence-corrected chi connectivity index (χ4v) is 4.83. The van der Waals surface area contributed by atoms with Gasteiger partial charge in [-0.05, 0) is 63.0 Å². The molecule has 1 saturated carbocycles. The van der Waals surface area contributed by atoms with E-state index in [-0.39, 0.29) is 18.1 Å². The van der Waals surface area contributed by atoms with E-state index < -0.39 is 11.1 Å². The summed E-state index contributed by atoms with van der Waals surface area (Å²) in [6.07, 6.45) is 7.86. The van der Waals surface area contributed by atoms with Crippen LogP contribution < -0.4 is 10.6 Å². The second-order valence-corrected chi connectivity index (χ2v) is 9.83. The van der Waals surface area contributed by atoms with Gasteiger partial charge in [-0.25, -0.2) is 4.68 Å². The molecule has 1 amide bonds. The minimum Gasteiger partial charge on any atom is -0.394 e. The Balaban J connectivity index is 2.31. The van der Waals surface area contributed by atoms with Crippen molar-refractivity contribution in [3.8, 4) is 0 Å². The zero-order valence-electron chi connectivity index (χ0n) is 20.7. The van der Waals surface area contributed by atoms with Crippen LogP contribution in [0.2, 0.25) is 0 Å². The highest BCUT2D eigenvalue weighted by Gasteiger charge is 2.42. The number of rotatable bonds is 15. The van der Waals surface area contributed by atoms with Crippen molar-refractivity contribution in [3.63, 3.8) is 0 Å². The zero-order valence-corrected chi connectivity index (χ0v) is 20.7. The number of carbonyl (C=O) groups excluding carboxylic acids is 1. The average Bonchev–Trinajstić information content (AvgIpc) is 3.26. The fraction of sp³-hybridized carbons (Fsp3) is 0.826. The molecule has 0 saturated heterocycles. The van der Waals surface area contributed by atoms with Crippen molar-refractivity contribution < 1.29 is 19.4 Å².